The average Bonchev–Trinajstić information content (AvgIpc) is 3.08. The van der Waals surface area contributed by atoms with Crippen molar-refractivity contribution in [3.8, 4) is 0 Å². The fourth-order valence-corrected chi connectivity index (χ4v) is 9.33. The summed E-state index contributed by atoms with van der Waals surface area (Å²) in [5.74, 6) is 1.64. The summed E-state index contributed by atoms with van der Waals surface area (Å²) in [7, 11) is 4.21. The van der Waals surface area contributed by atoms with Gasteiger partial charge in [-0.1, -0.05) is 92.7 Å². The second kappa shape index (κ2) is 10.7. The van der Waals surface area contributed by atoms with Gasteiger partial charge in [0.1, 0.15) is 11.9 Å². The van der Waals surface area contributed by atoms with Gasteiger partial charge in [-0.15, -0.1) is 0 Å². The molecule has 3 unspecified atom stereocenters. The lowest BCUT2D eigenvalue weighted by molar-refractivity contribution is -0.109. The number of hydrogen-bond donors (Lipinski definition) is 2. The highest BCUT2D eigenvalue weighted by molar-refractivity contribution is 6.81. The third kappa shape index (κ3) is 4.19. The Morgan fingerprint density at radius 3 is 2.23 bits per heavy atom. The van der Waals surface area contributed by atoms with Crippen LogP contribution in [0.1, 0.15) is 38.7 Å². The smallest absolute Gasteiger partial charge is 0.410 e. The van der Waals surface area contributed by atoms with Crippen LogP contribution in [-0.2, 0) is 4.79 Å². The van der Waals surface area contributed by atoms with Crippen LogP contribution in [0.4, 0.5) is 17.1 Å². The lowest BCUT2D eigenvalue weighted by Gasteiger charge is -2.42. The van der Waals surface area contributed by atoms with Crippen molar-refractivity contribution in [1.29, 1.82) is 0 Å². The van der Waals surface area contributed by atoms with E-state index in [4.69, 9.17) is 4.99 Å². The molecular weight excluding hydrogens is 591 g/mol. The molecule has 6 nitrogen and oxygen atoms in total. The molecule has 1 saturated carbocycles. The van der Waals surface area contributed by atoms with Crippen molar-refractivity contribution in [1.82, 2.24) is 0 Å². The molecule has 0 bridgehead atoms. The van der Waals surface area contributed by atoms with E-state index in [1.807, 2.05) is 24.3 Å². The van der Waals surface area contributed by atoms with Crippen LogP contribution in [0.25, 0.3) is 32.7 Å². The van der Waals surface area contributed by atoms with Crippen molar-refractivity contribution in [2.75, 3.05) is 29.0 Å². The van der Waals surface area contributed by atoms with Crippen molar-refractivity contribution < 1.29 is 9.90 Å². The van der Waals surface area contributed by atoms with Crippen molar-refractivity contribution in [2.45, 2.75) is 39.3 Å². The lowest BCUT2D eigenvalue weighted by Crippen LogP contribution is -2.60. The maximum atomic E-state index is 14.4. The molecule has 0 saturated heterocycles. The van der Waals surface area contributed by atoms with Gasteiger partial charge in [-0.3, -0.25) is 9.79 Å². The number of carbonyl (C=O) groups excluding carboxylic acids is 1. The molecule has 2 N–H and O–H groups in total. The van der Waals surface area contributed by atoms with Crippen LogP contribution in [0.5, 0.6) is 0 Å². The Bertz CT molecular complexity index is 2320. The largest absolute Gasteiger partial charge is 0.506 e. The topological polar surface area (TPSA) is 68.2 Å². The number of anilines is 3. The van der Waals surface area contributed by atoms with E-state index < -0.39 is 0 Å². The van der Waals surface area contributed by atoms with Gasteiger partial charge >= 0.3 is 6.98 Å². The van der Waals surface area contributed by atoms with Crippen molar-refractivity contribution in [2.24, 2.45) is 22.7 Å². The highest BCUT2D eigenvalue weighted by Crippen LogP contribution is 2.48. The zero-order valence-electron chi connectivity index (χ0n) is 27.9. The third-order valence-electron chi connectivity index (χ3n) is 11.3. The Morgan fingerprint density at radius 2 is 1.48 bits per heavy atom. The Balaban J connectivity index is 1.24. The Labute approximate surface area is 281 Å². The van der Waals surface area contributed by atoms with E-state index >= 15 is 0 Å². The molecule has 7 heteroatoms. The first-order chi connectivity index (χ1) is 23.3. The molecule has 9 rings (SSSR count). The van der Waals surface area contributed by atoms with Crippen molar-refractivity contribution in [3.63, 3.8) is 0 Å². The predicted octanol–water partition coefficient (Wildman–Crippen LogP) is 6.42. The molecule has 0 aromatic heterocycles. The fraction of sp³-hybridized carbons (Fsp3) is 0.268. The van der Waals surface area contributed by atoms with Crippen LogP contribution in [0, 0.1) is 17.8 Å². The van der Waals surface area contributed by atoms with E-state index in [2.05, 4.69) is 110 Å². The zero-order chi connectivity index (χ0) is 32.8. The fourth-order valence-electron chi connectivity index (χ4n) is 9.33. The number of hydrogen-bond acceptors (Lipinski definition) is 6. The molecule has 48 heavy (non-hydrogen) atoms. The number of aliphatic hydroxyl groups excluding tert-OH is 1. The minimum atomic E-state index is -0.137. The summed E-state index contributed by atoms with van der Waals surface area (Å²) in [6.45, 7) is 4.61. The highest BCUT2D eigenvalue weighted by Gasteiger charge is 2.42. The average molecular weight is 631 g/mol. The van der Waals surface area contributed by atoms with Gasteiger partial charge in [0.05, 0.1) is 16.5 Å². The van der Waals surface area contributed by atoms with E-state index in [9.17, 15) is 9.90 Å². The SMILES string of the molecule is CC1CC(C)CC(C2N=c3c(=C4C(=O)C(c5ccc6cccc7c6c5N(C)B(c5ccccc5)N7C)=C4O)ccc4cccc(c34)N2)C1. The standard InChI is InChI=1S/C41H39BN4O2/c1-23-20-24(2)22-27(21-23)41-43-31-14-8-10-25-16-18-29(37(44-41)33(25)31)35-39(47)36(40(35)48)30-19-17-26-11-9-15-32-34(26)38(30)46(4)42(45(32)3)28-12-6-5-7-13-28/h5-19,23-24,27,41,43,47H,20-22H2,1-4H3. The minimum absolute atomic E-state index is 0.0509. The van der Waals surface area contributed by atoms with E-state index in [-0.39, 0.29) is 24.7 Å². The molecule has 2 aliphatic heterocycles. The molecule has 2 heterocycles. The van der Waals surface area contributed by atoms with Gasteiger partial charge in [-0.05, 0) is 79.5 Å². The number of benzene rings is 5. The predicted molar refractivity (Wildman–Crippen MR) is 198 cm³/mol. The molecule has 5 aromatic rings. The van der Waals surface area contributed by atoms with E-state index in [0.717, 1.165) is 73.1 Å². The third-order valence-corrected chi connectivity index (χ3v) is 11.3. The molecule has 5 aromatic carbocycles. The molecule has 238 valence electrons. The summed E-state index contributed by atoms with van der Waals surface area (Å²) in [5.41, 5.74) is 5.76. The first-order valence-electron chi connectivity index (χ1n) is 17.3. The number of aliphatic hydroxyl groups is 1. The Morgan fingerprint density at radius 1 is 0.771 bits per heavy atom. The summed E-state index contributed by atoms with van der Waals surface area (Å²) in [6.07, 6.45) is 3.44. The molecule has 0 amide bonds. The Kier molecular flexibility index (Phi) is 6.52. The van der Waals surface area contributed by atoms with Gasteiger partial charge in [0, 0.05) is 38.6 Å². The van der Waals surface area contributed by atoms with E-state index in [0.29, 0.717) is 28.9 Å². The number of ketones is 1. The molecular formula is C41H39BN4O2. The number of Topliss-reactive ketones (excluding diaryl/α,β-unsaturated/α-hetero) is 1. The zero-order valence-corrected chi connectivity index (χ0v) is 27.9. The maximum Gasteiger partial charge on any atom is 0.410 e. The summed E-state index contributed by atoms with van der Waals surface area (Å²) >= 11 is 0. The van der Waals surface area contributed by atoms with Crippen LogP contribution < -0.4 is 31.0 Å². The molecule has 2 aliphatic carbocycles. The van der Waals surface area contributed by atoms with Crippen LogP contribution in [-0.4, -0.2) is 38.1 Å². The monoisotopic (exact) mass is 630 g/mol. The van der Waals surface area contributed by atoms with Crippen LogP contribution in [0.15, 0.2) is 102 Å². The molecule has 0 radical (unpaired) electrons. The summed E-state index contributed by atoms with van der Waals surface area (Å²) < 4.78 is 0. The Hall–Kier alpha value is -5.04. The van der Waals surface area contributed by atoms with Gasteiger partial charge in [0.15, 0.2) is 0 Å². The van der Waals surface area contributed by atoms with Crippen LogP contribution >= 0.6 is 0 Å². The number of carbonyl (C=O) groups is 1. The van der Waals surface area contributed by atoms with Crippen molar-refractivity contribution in [3.05, 3.63) is 113 Å². The van der Waals surface area contributed by atoms with Gasteiger partial charge in [-0.2, -0.15) is 0 Å². The first-order valence-corrected chi connectivity index (χ1v) is 17.3. The second-order valence-corrected chi connectivity index (χ2v) is 14.5. The first kappa shape index (κ1) is 29.1. The van der Waals surface area contributed by atoms with E-state index in [1.165, 1.54) is 6.42 Å². The van der Waals surface area contributed by atoms with Gasteiger partial charge in [0.2, 0.25) is 5.78 Å². The summed E-state index contributed by atoms with van der Waals surface area (Å²) in [5, 5.41) is 21.5. The number of allylic oxidation sites excluding steroid dienone is 2. The second-order valence-electron chi connectivity index (χ2n) is 14.5. The molecule has 0 spiro atoms. The number of rotatable bonds is 3. The highest BCUT2D eigenvalue weighted by atomic mass is 16.3. The molecule has 4 aliphatic rings. The maximum absolute atomic E-state index is 14.4. The number of nitrogens with zero attached hydrogens (tertiary/aromatic N) is 3. The van der Waals surface area contributed by atoms with Gasteiger partial charge < -0.3 is 20.0 Å². The molecule has 1 fully saturated rings. The van der Waals surface area contributed by atoms with Gasteiger partial charge in [-0.25, -0.2) is 0 Å². The van der Waals surface area contributed by atoms with Crippen molar-refractivity contribution >= 4 is 68.0 Å². The molecule has 3 atom stereocenters. The number of nitrogens with one attached hydrogen (secondary N) is 1. The van der Waals surface area contributed by atoms with E-state index in [1.54, 1.807) is 0 Å². The van der Waals surface area contributed by atoms with Gasteiger partial charge in [0.25, 0.3) is 0 Å². The normalized spacial score (nSPS) is 24.5. The summed E-state index contributed by atoms with van der Waals surface area (Å²) in [4.78, 5) is 24.3. The summed E-state index contributed by atoms with van der Waals surface area (Å²) in [6, 6.07) is 31.2. The van der Waals surface area contributed by atoms with Crippen LogP contribution in [0.2, 0.25) is 0 Å². The lowest BCUT2D eigenvalue weighted by atomic mass is 9.61. The van der Waals surface area contributed by atoms with Crippen LogP contribution in [0.3, 0.4) is 0 Å². The quantitative estimate of drug-likeness (QED) is 0.225. The minimum Gasteiger partial charge on any atom is -0.506 e.